The largest absolute Gasteiger partial charge is 0.322 e. The summed E-state index contributed by atoms with van der Waals surface area (Å²) in [6.07, 6.45) is 0. The molecule has 2 aromatic heterocycles. The Balaban J connectivity index is 1.69. The lowest BCUT2D eigenvalue weighted by molar-refractivity contribution is 0.102. The lowest BCUT2D eigenvalue weighted by Gasteiger charge is -2.06. The topological polar surface area (TPSA) is 75.6 Å². The summed E-state index contributed by atoms with van der Waals surface area (Å²) in [6, 6.07) is 16.7. The molecule has 0 bridgehead atoms. The van der Waals surface area contributed by atoms with Crippen LogP contribution in [0.2, 0.25) is 0 Å². The van der Waals surface area contributed by atoms with E-state index in [2.05, 4.69) is 36.3 Å². The van der Waals surface area contributed by atoms with Crippen molar-refractivity contribution in [2.75, 3.05) is 5.32 Å². The van der Waals surface area contributed by atoms with Crippen LogP contribution in [0.3, 0.4) is 0 Å². The highest BCUT2D eigenvalue weighted by atomic mass is 79.9. The molecule has 25 heavy (non-hydrogen) atoms. The van der Waals surface area contributed by atoms with Crippen molar-refractivity contribution in [2.45, 2.75) is 6.92 Å². The Bertz CT molecular complexity index is 1030. The summed E-state index contributed by atoms with van der Waals surface area (Å²) in [5.41, 5.74) is 3.11. The number of halogens is 1. The van der Waals surface area contributed by atoms with Crippen LogP contribution in [0.4, 0.5) is 5.82 Å². The van der Waals surface area contributed by atoms with Crippen LogP contribution in [-0.4, -0.2) is 25.7 Å². The van der Waals surface area contributed by atoms with E-state index < -0.39 is 0 Å². The number of para-hydroxylation sites is 2. The molecule has 2 N–H and O–H groups in total. The molecule has 0 saturated carbocycles. The Labute approximate surface area is 152 Å². The number of carbonyl (C=O) groups is 1. The molecule has 0 saturated heterocycles. The summed E-state index contributed by atoms with van der Waals surface area (Å²) < 4.78 is 2.53. The van der Waals surface area contributed by atoms with Crippen LogP contribution in [0.5, 0.6) is 0 Å². The SMILES string of the molecule is Cc1cc(NC(=O)c2ccc(Br)cc2)n(-c2nc3ccccc3[nH]2)n1. The number of nitrogens with one attached hydrogen (secondary N) is 2. The number of aromatic amines is 1. The molecule has 2 heterocycles. The number of hydrogen-bond donors (Lipinski definition) is 2. The zero-order chi connectivity index (χ0) is 17.4. The van der Waals surface area contributed by atoms with Crippen LogP contribution >= 0.6 is 15.9 Å². The van der Waals surface area contributed by atoms with Crippen LogP contribution in [0.15, 0.2) is 59.1 Å². The van der Waals surface area contributed by atoms with Crippen molar-refractivity contribution in [1.29, 1.82) is 0 Å². The summed E-state index contributed by atoms with van der Waals surface area (Å²) in [5, 5.41) is 7.33. The normalized spacial score (nSPS) is 11.0. The first kappa shape index (κ1) is 15.6. The maximum absolute atomic E-state index is 12.5. The van der Waals surface area contributed by atoms with Gasteiger partial charge >= 0.3 is 0 Å². The van der Waals surface area contributed by atoms with E-state index in [1.165, 1.54) is 0 Å². The Morgan fingerprint density at radius 2 is 1.92 bits per heavy atom. The van der Waals surface area contributed by atoms with Crippen molar-refractivity contribution < 1.29 is 4.79 Å². The second-order valence-electron chi connectivity index (χ2n) is 5.62. The van der Waals surface area contributed by atoms with Crippen LogP contribution in [-0.2, 0) is 0 Å². The average molecular weight is 396 g/mol. The van der Waals surface area contributed by atoms with Crippen molar-refractivity contribution in [3.63, 3.8) is 0 Å². The van der Waals surface area contributed by atoms with Crippen LogP contribution < -0.4 is 5.32 Å². The molecule has 0 aliphatic carbocycles. The van der Waals surface area contributed by atoms with Gasteiger partial charge in [-0.2, -0.15) is 9.78 Å². The minimum Gasteiger partial charge on any atom is -0.322 e. The standard InChI is InChI=1S/C18H14BrN5O/c1-11-10-16(22-17(25)12-6-8-13(19)9-7-12)24(23-11)18-20-14-4-2-3-5-15(14)21-18/h2-10H,1H3,(H,20,21)(H,22,25). The van der Waals surface area contributed by atoms with Gasteiger partial charge in [0.2, 0.25) is 5.95 Å². The predicted octanol–water partition coefficient (Wildman–Crippen LogP) is 4.07. The summed E-state index contributed by atoms with van der Waals surface area (Å²) in [6.45, 7) is 1.87. The maximum atomic E-state index is 12.5. The van der Waals surface area contributed by atoms with Gasteiger partial charge in [0, 0.05) is 16.1 Å². The number of carbonyl (C=O) groups excluding carboxylic acids is 1. The minimum atomic E-state index is -0.204. The Kier molecular flexibility index (Phi) is 3.85. The van der Waals surface area contributed by atoms with Gasteiger partial charge in [-0.3, -0.25) is 4.79 Å². The second kappa shape index (κ2) is 6.18. The van der Waals surface area contributed by atoms with E-state index in [4.69, 9.17) is 0 Å². The van der Waals surface area contributed by atoms with Crippen LogP contribution in [0.1, 0.15) is 16.1 Å². The number of hydrogen-bond acceptors (Lipinski definition) is 3. The van der Waals surface area contributed by atoms with Gasteiger partial charge in [-0.15, -0.1) is 0 Å². The van der Waals surface area contributed by atoms with Gasteiger partial charge in [0.15, 0.2) is 0 Å². The van der Waals surface area contributed by atoms with Gasteiger partial charge in [-0.25, -0.2) is 4.98 Å². The molecule has 4 aromatic rings. The monoisotopic (exact) mass is 395 g/mol. The fourth-order valence-electron chi connectivity index (χ4n) is 2.58. The molecule has 0 spiro atoms. The summed E-state index contributed by atoms with van der Waals surface area (Å²) in [4.78, 5) is 20.2. The second-order valence-corrected chi connectivity index (χ2v) is 6.54. The van der Waals surface area contributed by atoms with Crippen molar-refractivity contribution >= 4 is 38.7 Å². The van der Waals surface area contributed by atoms with E-state index in [1.54, 1.807) is 16.8 Å². The molecule has 7 heteroatoms. The van der Waals surface area contributed by atoms with Gasteiger partial charge in [0.05, 0.1) is 16.7 Å². The van der Waals surface area contributed by atoms with E-state index >= 15 is 0 Å². The van der Waals surface area contributed by atoms with E-state index in [1.807, 2.05) is 49.4 Å². The molecule has 0 aliphatic heterocycles. The van der Waals surface area contributed by atoms with Gasteiger partial charge < -0.3 is 10.3 Å². The first-order valence-electron chi connectivity index (χ1n) is 7.69. The zero-order valence-electron chi connectivity index (χ0n) is 13.3. The van der Waals surface area contributed by atoms with E-state index in [0.717, 1.165) is 21.2 Å². The number of nitrogens with zero attached hydrogens (tertiary/aromatic N) is 3. The molecule has 0 radical (unpaired) electrons. The van der Waals surface area contributed by atoms with Crippen molar-refractivity contribution in [3.05, 3.63) is 70.3 Å². The number of aryl methyl sites for hydroxylation is 1. The molecular formula is C18H14BrN5O. The summed E-state index contributed by atoms with van der Waals surface area (Å²) in [7, 11) is 0. The molecule has 0 aliphatic rings. The number of imidazole rings is 1. The smallest absolute Gasteiger partial charge is 0.256 e. The first-order chi connectivity index (χ1) is 12.1. The quantitative estimate of drug-likeness (QED) is 0.548. The third kappa shape index (κ3) is 3.06. The molecule has 0 unspecified atom stereocenters. The molecule has 124 valence electrons. The van der Waals surface area contributed by atoms with Gasteiger partial charge in [-0.1, -0.05) is 28.1 Å². The molecule has 4 rings (SSSR count). The Morgan fingerprint density at radius 1 is 1.16 bits per heavy atom. The lowest BCUT2D eigenvalue weighted by atomic mass is 10.2. The third-order valence-corrected chi connectivity index (χ3v) is 4.29. The molecule has 0 atom stereocenters. The van der Waals surface area contributed by atoms with Crippen molar-refractivity contribution in [2.24, 2.45) is 0 Å². The van der Waals surface area contributed by atoms with Gasteiger partial charge in [0.25, 0.3) is 5.91 Å². The van der Waals surface area contributed by atoms with Gasteiger partial charge in [-0.05, 0) is 43.3 Å². The number of H-pyrrole nitrogens is 1. The van der Waals surface area contributed by atoms with E-state index in [0.29, 0.717) is 17.3 Å². The van der Waals surface area contributed by atoms with Crippen LogP contribution in [0, 0.1) is 6.92 Å². The number of aromatic nitrogens is 4. The first-order valence-corrected chi connectivity index (χ1v) is 8.48. The molecule has 6 nitrogen and oxygen atoms in total. The minimum absolute atomic E-state index is 0.204. The number of anilines is 1. The predicted molar refractivity (Wildman–Crippen MR) is 100 cm³/mol. The lowest BCUT2D eigenvalue weighted by Crippen LogP contribution is -2.15. The highest BCUT2D eigenvalue weighted by Crippen LogP contribution is 2.19. The third-order valence-electron chi connectivity index (χ3n) is 3.76. The Morgan fingerprint density at radius 3 is 2.68 bits per heavy atom. The highest BCUT2D eigenvalue weighted by molar-refractivity contribution is 9.10. The number of rotatable bonds is 3. The molecule has 0 fully saturated rings. The van der Waals surface area contributed by atoms with Crippen molar-refractivity contribution in [3.8, 4) is 5.95 Å². The van der Waals surface area contributed by atoms with Gasteiger partial charge in [0.1, 0.15) is 5.82 Å². The zero-order valence-corrected chi connectivity index (χ0v) is 14.9. The summed E-state index contributed by atoms with van der Waals surface area (Å²) in [5.74, 6) is 0.912. The highest BCUT2D eigenvalue weighted by Gasteiger charge is 2.15. The Hall–Kier alpha value is -2.93. The fraction of sp³-hybridized carbons (Fsp3) is 0.0556. The molecule has 1 amide bonds. The van der Waals surface area contributed by atoms with Crippen molar-refractivity contribution in [1.82, 2.24) is 19.7 Å². The van der Waals surface area contributed by atoms with E-state index in [-0.39, 0.29) is 5.91 Å². The fourth-order valence-corrected chi connectivity index (χ4v) is 2.84. The molecular weight excluding hydrogens is 382 g/mol. The number of fused-ring (bicyclic) bond motifs is 1. The maximum Gasteiger partial charge on any atom is 0.256 e. The molecule has 2 aromatic carbocycles. The number of benzene rings is 2. The van der Waals surface area contributed by atoms with E-state index in [9.17, 15) is 4.79 Å². The summed E-state index contributed by atoms with van der Waals surface area (Å²) >= 11 is 3.37. The van der Waals surface area contributed by atoms with Crippen LogP contribution in [0.25, 0.3) is 17.0 Å². The average Bonchev–Trinajstić information content (AvgIpc) is 3.18. The number of amides is 1.